The Morgan fingerprint density at radius 2 is 1.78 bits per heavy atom. The fraction of sp³-hybridized carbons (Fsp3) is 0.897. The first-order valence-corrected chi connectivity index (χ1v) is 13.5. The number of fused-ring (bicyclic) bond motifs is 5. The molecule has 0 aliphatic heterocycles. The van der Waals surface area contributed by atoms with Crippen LogP contribution in [0.25, 0.3) is 0 Å². The van der Waals surface area contributed by atoms with E-state index in [0.717, 1.165) is 43.4 Å². The van der Waals surface area contributed by atoms with Crippen LogP contribution in [-0.4, -0.2) is 27.7 Å². The predicted octanol–water partition coefficient (Wildman–Crippen LogP) is 6.32. The lowest BCUT2D eigenvalue weighted by molar-refractivity contribution is -0.140. The second-order valence-corrected chi connectivity index (χ2v) is 13.1. The second-order valence-electron chi connectivity index (χ2n) is 13.1. The molecule has 0 bridgehead atoms. The van der Waals surface area contributed by atoms with Gasteiger partial charge in [-0.05, 0) is 111 Å². The Bertz CT molecular complexity index is 756. The summed E-state index contributed by atoms with van der Waals surface area (Å²) in [6, 6.07) is 0. The van der Waals surface area contributed by atoms with E-state index in [2.05, 4.69) is 40.7 Å². The van der Waals surface area contributed by atoms with E-state index >= 15 is 0 Å². The molecular formula is C29H48O3. The van der Waals surface area contributed by atoms with Crippen molar-refractivity contribution in [1.82, 2.24) is 0 Å². The molecule has 3 saturated carbocycles. The maximum Gasteiger partial charge on any atom is 0.161 e. The van der Waals surface area contributed by atoms with E-state index in [1.165, 1.54) is 31.3 Å². The summed E-state index contributed by atoms with van der Waals surface area (Å²) in [7, 11) is 0. The summed E-state index contributed by atoms with van der Waals surface area (Å²) in [6.45, 7) is 13.3. The lowest BCUT2D eigenvalue weighted by atomic mass is 9.46. The molecule has 0 saturated heterocycles. The maximum atomic E-state index is 12.1. The van der Waals surface area contributed by atoms with Crippen LogP contribution in [0.5, 0.6) is 0 Å². The van der Waals surface area contributed by atoms with Crippen molar-refractivity contribution in [3.63, 3.8) is 0 Å². The van der Waals surface area contributed by atoms with E-state index in [0.29, 0.717) is 36.0 Å². The van der Waals surface area contributed by atoms with Gasteiger partial charge in [-0.15, -0.1) is 0 Å². The summed E-state index contributed by atoms with van der Waals surface area (Å²) >= 11 is 0. The van der Waals surface area contributed by atoms with Crippen LogP contribution in [0.3, 0.4) is 0 Å². The Morgan fingerprint density at radius 3 is 2.44 bits per heavy atom. The van der Waals surface area contributed by atoms with E-state index < -0.39 is 5.60 Å². The molecular weight excluding hydrogens is 396 g/mol. The summed E-state index contributed by atoms with van der Waals surface area (Å²) in [6.07, 6.45) is 12.9. The number of aliphatic hydroxyl groups is 2. The molecule has 3 fully saturated rings. The van der Waals surface area contributed by atoms with Gasteiger partial charge in [0.25, 0.3) is 0 Å². The molecule has 2 unspecified atom stereocenters. The Morgan fingerprint density at radius 1 is 1.06 bits per heavy atom. The van der Waals surface area contributed by atoms with Gasteiger partial charge in [0.2, 0.25) is 0 Å². The molecule has 0 amide bonds. The summed E-state index contributed by atoms with van der Waals surface area (Å²) in [5, 5.41) is 21.2. The number of carbonyl (C=O) groups is 1. The number of carbonyl (C=O) groups excluding carboxylic acids is 1. The largest absolute Gasteiger partial charge is 0.393 e. The maximum absolute atomic E-state index is 12.1. The van der Waals surface area contributed by atoms with Gasteiger partial charge in [-0.25, -0.2) is 0 Å². The minimum Gasteiger partial charge on any atom is -0.393 e. The van der Waals surface area contributed by atoms with Crippen LogP contribution in [0.1, 0.15) is 106 Å². The molecule has 0 aromatic heterocycles. The third-order valence-electron chi connectivity index (χ3n) is 11.3. The van der Waals surface area contributed by atoms with E-state index in [1.807, 2.05) is 0 Å². The van der Waals surface area contributed by atoms with Gasteiger partial charge < -0.3 is 10.2 Å². The number of ketones is 1. The van der Waals surface area contributed by atoms with Crippen LogP contribution >= 0.6 is 0 Å². The van der Waals surface area contributed by atoms with Gasteiger partial charge in [0, 0.05) is 6.42 Å². The summed E-state index contributed by atoms with van der Waals surface area (Å²) in [4.78, 5) is 12.1. The lowest BCUT2D eigenvalue weighted by Gasteiger charge is -2.59. The first kappa shape index (κ1) is 24.5. The molecule has 0 radical (unpaired) electrons. The summed E-state index contributed by atoms with van der Waals surface area (Å²) < 4.78 is 0. The van der Waals surface area contributed by atoms with Gasteiger partial charge in [-0.2, -0.15) is 0 Å². The highest BCUT2D eigenvalue weighted by Crippen LogP contribution is 2.67. The van der Waals surface area contributed by atoms with Crippen molar-refractivity contribution in [2.24, 2.45) is 46.3 Å². The van der Waals surface area contributed by atoms with E-state index in [9.17, 15) is 15.0 Å². The minimum atomic E-state index is -1.13. The first-order valence-electron chi connectivity index (χ1n) is 13.5. The Balaban J connectivity index is 1.50. The van der Waals surface area contributed by atoms with Crippen molar-refractivity contribution in [2.45, 2.75) is 117 Å². The normalized spacial score (nSPS) is 45.5. The molecule has 4 aliphatic carbocycles. The van der Waals surface area contributed by atoms with Crippen molar-refractivity contribution in [2.75, 3.05) is 0 Å². The number of Topliss-reactive ketones (excluding diaryl/α,β-unsaturated/α-hetero) is 1. The Hall–Kier alpha value is -0.670. The van der Waals surface area contributed by atoms with Crippen molar-refractivity contribution in [3.8, 4) is 0 Å². The van der Waals surface area contributed by atoms with Crippen LogP contribution in [0.2, 0.25) is 0 Å². The Labute approximate surface area is 196 Å². The molecule has 0 spiro atoms. The smallest absolute Gasteiger partial charge is 0.161 e. The third kappa shape index (κ3) is 3.84. The van der Waals surface area contributed by atoms with E-state index in [1.54, 1.807) is 6.92 Å². The zero-order valence-electron chi connectivity index (χ0n) is 21.5. The highest BCUT2D eigenvalue weighted by molar-refractivity contribution is 5.85. The van der Waals surface area contributed by atoms with Crippen LogP contribution in [0.15, 0.2) is 11.6 Å². The molecule has 0 heterocycles. The summed E-state index contributed by atoms with van der Waals surface area (Å²) in [5.74, 6) is 4.00. The average Bonchev–Trinajstić information content (AvgIpc) is 3.09. The predicted molar refractivity (Wildman–Crippen MR) is 130 cm³/mol. The monoisotopic (exact) mass is 444 g/mol. The fourth-order valence-corrected chi connectivity index (χ4v) is 8.89. The standard InChI is InChI=1S/C29H48O3/c1-18(2)26(31)12-7-19(3)23-10-11-24-22-9-8-21-17-29(32,20(4)30)16-15-27(21,5)25(22)13-14-28(23,24)6/h8,18-19,22-26,31-32H,7,9-17H2,1-6H3/t19?,22-,23+,24-,25-,26?,27-,28+,29-/m0/s1. The van der Waals surface area contributed by atoms with Crippen LogP contribution in [0.4, 0.5) is 0 Å². The number of hydrogen-bond donors (Lipinski definition) is 2. The second kappa shape index (κ2) is 8.52. The molecule has 9 atom stereocenters. The van der Waals surface area contributed by atoms with Crippen molar-refractivity contribution < 1.29 is 15.0 Å². The zero-order chi connectivity index (χ0) is 23.5. The zero-order valence-corrected chi connectivity index (χ0v) is 21.5. The van der Waals surface area contributed by atoms with Gasteiger partial charge in [0.1, 0.15) is 5.60 Å². The molecule has 3 heteroatoms. The molecule has 3 nitrogen and oxygen atoms in total. The van der Waals surface area contributed by atoms with Crippen molar-refractivity contribution >= 4 is 5.78 Å². The van der Waals surface area contributed by atoms with E-state index in [-0.39, 0.29) is 17.3 Å². The van der Waals surface area contributed by atoms with Crippen molar-refractivity contribution in [1.29, 1.82) is 0 Å². The quantitative estimate of drug-likeness (QED) is 0.471. The van der Waals surface area contributed by atoms with Crippen LogP contribution < -0.4 is 0 Å². The Kier molecular flexibility index (Phi) is 6.51. The number of rotatable bonds is 6. The third-order valence-corrected chi connectivity index (χ3v) is 11.3. The molecule has 32 heavy (non-hydrogen) atoms. The highest BCUT2D eigenvalue weighted by atomic mass is 16.3. The van der Waals surface area contributed by atoms with Crippen molar-refractivity contribution in [3.05, 3.63) is 11.6 Å². The van der Waals surface area contributed by atoms with E-state index in [4.69, 9.17) is 0 Å². The van der Waals surface area contributed by atoms with Crippen LogP contribution in [-0.2, 0) is 4.79 Å². The molecule has 182 valence electrons. The number of aliphatic hydroxyl groups excluding tert-OH is 1. The van der Waals surface area contributed by atoms with Gasteiger partial charge in [-0.1, -0.05) is 46.3 Å². The number of allylic oxidation sites excluding steroid dienone is 1. The van der Waals surface area contributed by atoms with Gasteiger partial charge in [-0.3, -0.25) is 4.79 Å². The number of hydrogen-bond acceptors (Lipinski definition) is 3. The highest BCUT2D eigenvalue weighted by Gasteiger charge is 2.60. The molecule has 0 aromatic rings. The van der Waals surface area contributed by atoms with Gasteiger partial charge in [0.15, 0.2) is 5.78 Å². The summed E-state index contributed by atoms with van der Waals surface area (Å²) in [5.41, 5.74) is 0.837. The SMILES string of the molecule is CC(=O)[C@]1(O)CC[C@@]2(C)C(=CC[C@H]3[C@@H]4CC[C@H](C(C)CCC(O)C(C)C)[C@@]4(C)CC[C@@H]32)C1. The average molecular weight is 445 g/mol. The molecule has 0 aromatic carbocycles. The fourth-order valence-electron chi connectivity index (χ4n) is 8.89. The van der Waals surface area contributed by atoms with Gasteiger partial charge >= 0.3 is 0 Å². The molecule has 4 rings (SSSR count). The van der Waals surface area contributed by atoms with Crippen LogP contribution in [0, 0.1) is 46.3 Å². The molecule has 4 aliphatic rings. The van der Waals surface area contributed by atoms with Gasteiger partial charge in [0.05, 0.1) is 6.10 Å². The lowest BCUT2D eigenvalue weighted by Crippen LogP contribution is -2.53. The minimum absolute atomic E-state index is 0.0611. The topological polar surface area (TPSA) is 57.5 Å². The first-order chi connectivity index (χ1) is 14.9. The molecule has 2 N–H and O–H groups in total.